The second-order valence-electron chi connectivity index (χ2n) is 5.14. The van der Waals surface area contributed by atoms with Gasteiger partial charge in [0, 0.05) is 26.2 Å². The Bertz CT molecular complexity index is 581. The largest absolute Gasteiger partial charge is 0.340 e. The molecule has 0 aliphatic carbocycles. The van der Waals surface area contributed by atoms with Crippen LogP contribution in [-0.4, -0.2) is 49.7 Å². The van der Waals surface area contributed by atoms with Crippen molar-refractivity contribution in [3.8, 4) is 0 Å². The Labute approximate surface area is 125 Å². The van der Waals surface area contributed by atoms with Crippen LogP contribution >= 0.6 is 0 Å². The summed E-state index contributed by atoms with van der Waals surface area (Å²) < 4.78 is 23.8. The number of amides is 1. The predicted molar refractivity (Wildman–Crippen MR) is 80.7 cm³/mol. The van der Waals surface area contributed by atoms with E-state index < -0.39 is 10.2 Å². The molecule has 2 N–H and O–H groups in total. The predicted octanol–water partition coefficient (Wildman–Crippen LogP) is 0.528. The molecule has 0 bridgehead atoms. The average Bonchev–Trinajstić information content (AvgIpc) is 2.48. The number of benzene rings is 1. The Hall–Kier alpha value is -1.44. The van der Waals surface area contributed by atoms with Crippen molar-refractivity contribution in [3.05, 3.63) is 35.9 Å². The molecule has 1 fully saturated rings. The fraction of sp³-hybridized carbons (Fsp3) is 0.500. The SMILES string of the molecule is CCC(C(=O)N1CCN(S(N)(=O)=O)CC1)c1ccccc1. The van der Waals surface area contributed by atoms with Gasteiger partial charge in [-0.25, -0.2) is 5.14 Å². The van der Waals surface area contributed by atoms with Crippen LogP contribution in [0.15, 0.2) is 30.3 Å². The van der Waals surface area contributed by atoms with Gasteiger partial charge in [-0.1, -0.05) is 37.3 Å². The molecule has 1 aromatic rings. The molecule has 21 heavy (non-hydrogen) atoms. The molecule has 0 radical (unpaired) electrons. The number of hydrogen-bond acceptors (Lipinski definition) is 3. The molecule has 6 nitrogen and oxygen atoms in total. The van der Waals surface area contributed by atoms with Gasteiger partial charge < -0.3 is 4.90 Å². The molecule has 1 aromatic carbocycles. The highest BCUT2D eigenvalue weighted by Crippen LogP contribution is 2.22. The molecule has 0 spiro atoms. The maximum Gasteiger partial charge on any atom is 0.277 e. The van der Waals surface area contributed by atoms with Gasteiger partial charge in [0.05, 0.1) is 5.92 Å². The van der Waals surface area contributed by atoms with E-state index in [9.17, 15) is 13.2 Å². The van der Waals surface area contributed by atoms with E-state index in [4.69, 9.17) is 5.14 Å². The molecule has 2 rings (SSSR count). The summed E-state index contributed by atoms with van der Waals surface area (Å²) in [6.07, 6.45) is 0.720. The highest BCUT2D eigenvalue weighted by molar-refractivity contribution is 7.86. The Morgan fingerprint density at radius 2 is 1.76 bits per heavy atom. The third-order valence-electron chi connectivity index (χ3n) is 3.82. The molecule has 1 unspecified atom stereocenters. The summed E-state index contributed by atoms with van der Waals surface area (Å²) in [5.74, 6) is -0.120. The van der Waals surface area contributed by atoms with Gasteiger partial charge in [0.25, 0.3) is 10.2 Å². The van der Waals surface area contributed by atoms with E-state index in [0.29, 0.717) is 13.1 Å². The molecular formula is C14H21N3O3S. The van der Waals surface area contributed by atoms with Gasteiger partial charge in [-0.15, -0.1) is 0 Å². The molecule has 1 atom stereocenters. The zero-order valence-electron chi connectivity index (χ0n) is 12.1. The van der Waals surface area contributed by atoms with E-state index in [-0.39, 0.29) is 24.9 Å². The summed E-state index contributed by atoms with van der Waals surface area (Å²) in [6, 6.07) is 9.67. The van der Waals surface area contributed by atoms with Gasteiger partial charge >= 0.3 is 0 Å². The van der Waals surface area contributed by atoms with Crippen molar-refractivity contribution in [1.29, 1.82) is 0 Å². The molecule has 0 aromatic heterocycles. The first kappa shape index (κ1) is 15.9. The van der Waals surface area contributed by atoms with Crippen LogP contribution in [0.5, 0.6) is 0 Å². The van der Waals surface area contributed by atoms with Gasteiger partial charge in [-0.2, -0.15) is 12.7 Å². The number of carbonyl (C=O) groups excluding carboxylic acids is 1. The number of piperazine rings is 1. The minimum Gasteiger partial charge on any atom is -0.340 e. The van der Waals surface area contributed by atoms with Gasteiger partial charge in [0.15, 0.2) is 0 Å². The summed E-state index contributed by atoms with van der Waals surface area (Å²) in [5, 5.41) is 5.10. The van der Waals surface area contributed by atoms with Crippen LogP contribution in [-0.2, 0) is 15.0 Å². The second kappa shape index (κ2) is 6.55. The van der Waals surface area contributed by atoms with Crippen molar-refractivity contribution in [1.82, 2.24) is 9.21 Å². The smallest absolute Gasteiger partial charge is 0.277 e. The topological polar surface area (TPSA) is 83.7 Å². The van der Waals surface area contributed by atoms with Crippen molar-refractivity contribution in [2.45, 2.75) is 19.3 Å². The summed E-state index contributed by atoms with van der Waals surface area (Å²) in [5.41, 5.74) is 0.999. The lowest BCUT2D eigenvalue weighted by Crippen LogP contribution is -2.53. The lowest BCUT2D eigenvalue weighted by atomic mass is 9.95. The number of nitrogens with two attached hydrogens (primary N) is 1. The van der Waals surface area contributed by atoms with Crippen molar-refractivity contribution in [3.63, 3.8) is 0 Å². The molecule has 7 heteroatoms. The first-order valence-electron chi connectivity index (χ1n) is 7.05. The van der Waals surface area contributed by atoms with E-state index >= 15 is 0 Å². The standard InChI is InChI=1S/C14H21N3O3S/c1-2-13(12-6-4-3-5-7-12)14(18)16-8-10-17(11-9-16)21(15,19)20/h3-7,13H,2,8-11H2,1H3,(H2,15,19,20). The molecule has 1 aliphatic rings. The average molecular weight is 311 g/mol. The Kier molecular flexibility index (Phi) is 4.97. The Morgan fingerprint density at radius 1 is 1.19 bits per heavy atom. The summed E-state index contributed by atoms with van der Waals surface area (Å²) in [7, 11) is -3.66. The number of rotatable bonds is 4. The number of hydrogen-bond donors (Lipinski definition) is 1. The Balaban J connectivity index is 2.04. The van der Waals surface area contributed by atoms with Crippen molar-refractivity contribution in [2.24, 2.45) is 5.14 Å². The van der Waals surface area contributed by atoms with E-state index in [1.807, 2.05) is 37.3 Å². The third-order valence-corrected chi connectivity index (χ3v) is 4.90. The van der Waals surface area contributed by atoms with E-state index in [2.05, 4.69) is 0 Å². The lowest BCUT2D eigenvalue weighted by Gasteiger charge is -2.35. The zero-order chi connectivity index (χ0) is 15.5. The van der Waals surface area contributed by atoms with Gasteiger partial charge in [0.2, 0.25) is 5.91 Å². The molecule has 1 saturated heterocycles. The summed E-state index contributed by atoms with van der Waals surface area (Å²) in [4.78, 5) is 14.3. The highest BCUT2D eigenvalue weighted by atomic mass is 32.2. The second-order valence-corrected chi connectivity index (χ2v) is 6.69. The fourth-order valence-electron chi connectivity index (χ4n) is 2.62. The van der Waals surface area contributed by atoms with Crippen molar-refractivity contribution >= 4 is 16.1 Å². The van der Waals surface area contributed by atoms with Crippen LogP contribution in [0.3, 0.4) is 0 Å². The fourth-order valence-corrected chi connectivity index (χ4v) is 3.29. The minimum absolute atomic E-state index is 0.0535. The quantitative estimate of drug-likeness (QED) is 0.880. The summed E-state index contributed by atoms with van der Waals surface area (Å²) in [6.45, 7) is 3.28. The molecular weight excluding hydrogens is 290 g/mol. The van der Waals surface area contributed by atoms with Crippen molar-refractivity contribution < 1.29 is 13.2 Å². The van der Waals surface area contributed by atoms with Crippen LogP contribution in [0.25, 0.3) is 0 Å². The first-order chi connectivity index (χ1) is 9.93. The van der Waals surface area contributed by atoms with Crippen LogP contribution in [0, 0.1) is 0 Å². The molecule has 1 heterocycles. The Morgan fingerprint density at radius 3 is 2.24 bits per heavy atom. The van der Waals surface area contributed by atoms with E-state index in [1.165, 1.54) is 4.31 Å². The van der Waals surface area contributed by atoms with Gasteiger partial charge in [0.1, 0.15) is 0 Å². The van der Waals surface area contributed by atoms with Crippen LogP contribution in [0.4, 0.5) is 0 Å². The number of carbonyl (C=O) groups is 1. The van der Waals surface area contributed by atoms with Crippen LogP contribution in [0.2, 0.25) is 0 Å². The van der Waals surface area contributed by atoms with Gasteiger partial charge in [-0.3, -0.25) is 4.79 Å². The maximum atomic E-state index is 12.6. The normalized spacial score (nSPS) is 18.5. The molecule has 1 amide bonds. The maximum absolute atomic E-state index is 12.6. The van der Waals surface area contributed by atoms with E-state index in [1.54, 1.807) is 4.90 Å². The zero-order valence-corrected chi connectivity index (χ0v) is 12.9. The van der Waals surface area contributed by atoms with Gasteiger partial charge in [-0.05, 0) is 12.0 Å². The lowest BCUT2D eigenvalue weighted by molar-refractivity contribution is -0.134. The van der Waals surface area contributed by atoms with E-state index in [0.717, 1.165) is 12.0 Å². The van der Waals surface area contributed by atoms with Crippen LogP contribution < -0.4 is 5.14 Å². The number of nitrogens with zero attached hydrogens (tertiary/aromatic N) is 2. The molecule has 1 aliphatic heterocycles. The third kappa shape index (κ3) is 3.81. The molecule has 116 valence electrons. The summed E-state index contributed by atoms with van der Waals surface area (Å²) >= 11 is 0. The van der Waals surface area contributed by atoms with Crippen LogP contribution in [0.1, 0.15) is 24.8 Å². The minimum atomic E-state index is -3.66. The monoisotopic (exact) mass is 311 g/mol. The first-order valence-corrected chi connectivity index (χ1v) is 8.55. The van der Waals surface area contributed by atoms with Crippen molar-refractivity contribution in [2.75, 3.05) is 26.2 Å². The highest BCUT2D eigenvalue weighted by Gasteiger charge is 2.30. The molecule has 0 saturated carbocycles.